The predicted molar refractivity (Wildman–Crippen MR) is 72.4 cm³/mol. The number of nitro groups is 1. The topological polar surface area (TPSA) is 75.5 Å². The number of benzene rings is 1. The zero-order valence-electron chi connectivity index (χ0n) is 10.4. The average molecular weight is 284 g/mol. The van der Waals surface area contributed by atoms with Crippen molar-refractivity contribution in [1.29, 1.82) is 0 Å². The number of hydrogen-bond donors (Lipinski definition) is 1. The van der Waals surface area contributed by atoms with Crippen molar-refractivity contribution in [2.75, 3.05) is 18.9 Å². The molecule has 19 heavy (non-hydrogen) atoms. The van der Waals surface area contributed by atoms with Crippen molar-refractivity contribution in [1.82, 2.24) is 4.90 Å². The molecule has 102 valence electrons. The number of carbonyl (C=O) groups excluding carboxylic acids is 1. The number of halogens is 1. The molecule has 1 amide bonds. The van der Waals surface area contributed by atoms with Crippen molar-refractivity contribution >= 4 is 28.9 Å². The fourth-order valence-corrected chi connectivity index (χ4v) is 2.25. The lowest BCUT2D eigenvalue weighted by atomic mass is 10.0. The van der Waals surface area contributed by atoms with Crippen LogP contribution in [0.3, 0.4) is 0 Å². The first-order valence-corrected chi connectivity index (χ1v) is 6.29. The van der Waals surface area contributed by atoms with Gasteiger partial charge in [0.2, 0.25) is 5.91 Å². The summed E-state index contributed by atoms with van der Waals surface area (Å²) in [5.74, 6) is 0.0850. The number of nitrogens with zero attached hydrogens (tertiary/aromatic N) is 2. The molecular weight excluding hydrogens is 270 g/mol. The molecule has 1 aliphatic heterocycles. The smallest absolute Gasteiger partial charge is 0.271 e. The number of anilines is 1. The molecule has 1 unspecified atom stereocenters. The Hall–Kier alpha value is -1.82. The fourth-order valence-electron chi connectivity index (χ4n) is 2.02. The summed E-state index contributed by atoms with van der Waals surface area (Å²) < 4.78 is 0. The summed E-state index contributed by atoms with van der Waals surface area (Å²) in [6, 6.07) is 4.29. The van der Waals surface area contributed by atoms with Crippen LogP contribution < -0.4 is 5.32 Å². The maximum atomic E-state index is 11.6. The van der Waals surface area contributed by atoms with Crippen molar-refractivity contribution in [2.45, 2.75) is 18.9 Å². The van der Waals surface area contributed by atoms with Crippen LogP contribution in [0.1, 0.15) is 12.8 Å². The Morgan fingerprint density at radius 2 is 2.26 bits per heavy atom. The molecule has 1 fully saturated rings. The summed E-state index contributed by atoms with van der Waals surface area (Å²) in [4.78, 5) is 23.4. The minimum Gasteiger partial charge on any atom is -0.381 e. The summed E-state index contributed by atoms with van der Waals surface area (Å²) in [5.41, 5.74) is 0.574. The van der Waals surface area contributed by atoms with E-state index < -0.39 is 4.92 Å². The van der Waals surface area contributed by atoms with Gasteiger partial charge in [-0.05, 0) is 12.5 Å². The van der Waals surface area contributed by atoms with Gasteiger partial charge in [-0.25, -0.2) is 0 Å². The van der Waals surface area contributed by atoms with Gasteiger partial charge in [0.1, 0.15) is 0 Å². The summed E-state index contributed by atoms with van der Waals surface area (Å²) in [7, 11) is 1.78. The van der Waals surface area contributed by atoms with E-state index in [1.807, 2.05) is 0 Å². The number of non-ortho nitro benzene ring substituents is 1. The third-order valence-corrected chi connectivity index (χ3v) is 3.50. The number of amides is 1. The molecular formula is C12H14ClN3O3. The zero-order valence-corrected chi connectivity index (χ0v) is 11.2. The lowest BCUT2D eigenvalue weighted by Crippen LogP contribution is -2.41. The van der Waals surface area contributed by atoms with E-state index in [0.29, 0.717) is 23.7 Å². The Morgan fingerprint density at radius 1 is 1.53 bits per heavy atom. The highest BCUT2D eigenvalue weighted by Crippen LogP contribution is 2.28. The number of piperidine rings is 1. The van der Waals surface area contributed by atoms with Gasteiger partial charge < -0.3 is 10.2 Å². The molecule has 1 atom stereocenters. The molecule has 0 spiro atoms. The molecule has 0 aromatic heterocycles. The zero-order chi connectivity index (χ0) is 14.0. The van der Waals surface area contributed by atoms with Gasteiger partial charge in [-0.2, -0.15) is 0 Å². The largest absolute Gasteiger partial charge is 0.381 e. The van der Waals surface area contributed by atoms with Crippen LogP contribution in [0.4, 0.5) is 11.4 Å². The third-order valence-electron chi connectivity index (χ3n) is 3.18. The van der Waals surface area contributed by atoms with Crippen LogP contribution in [0.25, 0.3) is 0 Å². The molecule has 1 heterocycles. The van der Waals surface area contributed by atoms with E-state index >= 15 is 0 Å². The average Bonchev–Trinajstić information content (AvgIpc) is 2.36. The maximum absolute atomic E-state index is 11.6. The van der Waals surface area contributed by atoms with Crippen molar-refractivity contribution in [3.63, 3.8) is 0 Å². The van der Waals surface area contributed by atoms with E-state index in [9.17, 15) is 14.9 Å². The second kappa shape index (κ2) is 5.44. The van der Waals surface area contributed by atoms with Gasteiger partial charge in [0.25, 0.3) is 5.69 Å². The van der Waals surface area contributed by atoms with Gasteiger partial charge in [-0.3, -0.25) is 14.9 Å². The van der Waals surface area contributed by atoms with Gasteiger partial charge in [-0.1, -0.05) is 11.6 Å². The van der Waals surface area contributed by atoms with Gasteiger partial charge in [0.15, 0.2) is 0 Å². The molecule has 1 aliphatic rings. The van der Waals surface area contributed by atoms with E-state index in [-0.39, 0.29) is 17.6 Å². The molecule has 1 N–H and O–H groups in total. The number of hydrogen-bond acceptors (Lipinski definition) is 4. The molecule has 0 aliphatic carbocycles. The first-order chi connectivity index (χ1) is 8.97. The Bertz CT molecular complexity index is 521. The van der Waals surface area contributed by atoms with E-state index in [1.165, 1.54) is 12.1 Å². The first kappa shape index (κ1) is 13.6. The lowest BCUT2D eigenvalue weighted by molar-refractivity contribution is -0.384. The van der Waals surface area contributed by atoms with Crippen LogP contribution in [0, 0.1) is 10.1 Å². The molecule has 1 aromatic carbocycles. The number of carbonyl (C=O) groups is 1. The van der Waals surface area contributed by atoms with Crippen molar-refractivity contribution < 1.29 is 9.72 Å². The number of rotatable bonds is 3. The van der Waals surface area contributed by atoms with E-state index in [1.54, 1.807) is 18.0 Å². The Balaban J connectivity index is 2.07. The standard InChI is InChI=1S/C12H14ClN3O3/c1-15-5-4-8(6-12(15)17)14-11-3-2-9(16(18)19)7-10(11)13/h2-3,7-8,14H,4-6H2,1H3. The van der Waals surface area contributed by atoms with Crippen LogP contribution >= 0.6 is 11.6 Å². The number of likely N-dealkylation sites (tertiary alicyclic amines) is 1. The normalized spacial score (nSPS) is 19.4. The van der Waals surface area contributed by atoms with Gasteiger partial charge in [0, 0.05) is 38.2 Å². The van der Waals surface area contributed by atoms with Crippen molar-refractivity contribution in [2.24, 2.45) is 0 Å². The molecule has 0 radical (unpaired) electrons. The highest BCUT2D eigenvalue weighted by Gasteiger charge is 2.23. The Kier molecular flexibility index (Phi) is 3.90. The van der Waals surface area contributed by atoms with Crippen molar-refractivity contribution in [3.8, 4) is 0 Å². The van der Waals surface area contributed by atoms with E-state index in [4.69, 9.17) is 11.6 Å². The second-order valence-electron chi connectivity index (χ2n) is 4.57. The monoisotopic (exact) mass is 283 g/mol. The van der Waals surface area contributed by atoms with Crippen LogP contribution in [0.15, 0.2) is 18.2 Å². The fraction of sp³-hybridized carbons (Fsp3) is 0.417. The van der Waals surface area contributed by atoms with Crippen LogP contribution in [-0.4, -0.2) is 35.4 Å². The summed E-state index contributed by atoms with van der Waals surface area (Å²) >= 11 is 6.00. The Labute approximate surface area is 115 Å². The van der Waals surface area contributed by atoms with E-state index in [2.05, 4.69) is 5.32 Å². The van der Waals surface area contributed by atoms with E-state index in [0.717, 1.165) is 6.42 Å². The van der Waals surface area contributed by atoms with Crippen LogP contribution in [0.2, 0.25) is 5.02 Å². The molecule has 6 nitrogen and oxygen atoms in total. The van der Waals surface area contributed by atoms with Crippen LogP contribution in [-0.2, 0) is 4.79 Å². The minimum atomic E-state index is -0.491. The number of nitrogens with one attached hydrogen (secondary N) is 1. The summed E-state index contributed by atoms with van der Waals surface area (Å²) in [6.07, 6.45) is 1.24. The third kappa shape index (κ3) is 3.14. The summed E-state index contributed by atoms with van der Waals surface area (Å²) in [5, 5.41) is 14.1. The van der Waals surface area contributed by atoms with Crippen LogP contribution in [0.5, 0.6) is 0 Å². The SMILES string of the molecule is CN1CCC(Nc2ccc([N+](=O)[O-])cc2Cl)CC1=O. The quantitative estimate of drug-likeness (QED) is 0.682. The number of nitro benzene ring substituents is 1. The predicted octanol–water partition coefficient (Wildman–Crippen LogP) is 2.28. The lowest BCUT2D eigenvalue weighted by Gasteiger charge is -2.30. The molecule has 1 saturated heterocycles. The van der Waals surface area contributed by atoms with Gasteiger partial charge in [-0.15, -0.1) is 0 Å². The maximum Gasteiger partial charge on any atom is 0.271 e. The molecule has 2 rings (SSSR count). The Morgan fingerprint density at radius 3 is 2.84 bits per heavy atom. The highest BCUT2D eigenvalue weighted by atomic mass is 35.5. The van der Waals surface area contributed by atoms with Gasteiger partial charge in [0.05, 0.1) is 15.6 Å². The summed E-state index contributed by atoms with van der Waals surface area (Å²) in [6.45, 7) is 0.696. The molecule has 1 aromatic rings. The second-order valence-corrected chi connectivity index (χ2v) is 4.98. The van der Waals surface area contributed by atoms with Crippen molar-refractivity contribution in [3.05, 3.63) is 33.3 Å². The first-order valence-electron chi connectivity index (χ1n) is 5.92. The highest BCUT2D eigenvalue weighted by molar-refractivity contribution is 6.33. The minimum absolute atomic E-state index is 0.0163. The molecule has 0 saturated carbocycles. The van der Waals surface area contributed by atoms with Gasteiger partial charge >= 0.3 is 0 Å². The molecule has 0 bridgehead atoms. The molecule has 7 heteroatoms.